The largest absolute Gasteiger partial charge is 0.463 e. The van der Waals surface area contributed by atoms with Crippen LogP contribution in [0.1, 0.15) is 41.6 Å². The van der Waals surface area contributed by atoms with Crippen molar-refractivity contribution in [2.45, 2.75) is 19.9 Å². The Morgan fingerprint density at radius 2 is 1.81 bits per heavy atom. The molecule has 1 aliphatic heterocycles. The fourth-order valence-corrected chi connectivity index (χ4v) is 5.12. The number of furan rings is 1. The first-order chi connectivity index (χ1) is 18.0. The van der Waals surface area contributed by atoms with E-state index in [0.717, 1.165) is 11.1 Å². The Morgan fingerprint density at radius 3 is 2.49 bits per heavy atom. The molecule has 4 aromatic rings. The summed E-state index contributed by atoms with van der Waals surface area (Å²) < 4.78 is 17.7. The number of rotatable bonds is 6. The highest BCUT2D eigenvalue weighted by Gasteiger charge is 2.33. The number of fused-ring (bicyclic) bond motifs is 1. The van der Waals surface area contributed by atoms with E-state index in [-0.39, 0.29) is 17.9 Å². The number of nitrogens with zero attached hydrogens (tertiary/aromatic N) is 2. The molecule has 0 spiro atoms. The van der Waals surface area contributed by atoms with Gasteiger partial charge in [0.15, 0.2) is 4.80 Å². The zero-order valence-electron chi connectivity index (χ0n) is 20.0. The molecule has 0 N–H and O–H groups in total. The van der Waals surface area contributed by atoms with E-state index in [2.05, 4.69) is 4.99 Å². The number of carbonyl (C=O) groups excluding carboxylic acids is 2. The number of hydrogen-bond donors (Lipinski definition) is 0. The summed E-state index contributed by atoms with van der Waals surface area (Å²) in [7, 11) is 0. The number of allylic oxidation sites excluding steroid dienone is 1. The summed E-state index contributed by atoms with van der Waals surface area (Å²) in [5, 5.41) is 0. The molecule has 0 bridgehead atoms. The van der Waals surface area contributed by atoms with E-state index >= 15 is 0 Å². The van der Waals surface area contributed by atoms with Crippen molar-refractivity contribution in [3.05, 3.63) is 121 Å². The molecule has 2 aromatic carbocycles. The molecule has 3 heterocycles. The highest BCUT2D eigenvalue weighted by Crippen LogP contribution is 2.30. The van der Waals surface area contributed by atoms with Gasteiger partial charge in [0.25, 0.3) is 5.56 Å². The van der Waals surface area contributed by atoms with Gasteiger partial charge in [0.2, 0.25) is 5.76 Å². The van der Waals surface area contributed by atoms with Crippen LogP contribution in [0.3, 0.4) is 0 Å². The first kappa shape index (κ1) is 24.2. The number of hydrogen-bond acceptors (Lipinski definition) is 8. The van der Waals surface area contributed by atoms with Gasteiger partial charge in [-0.2, -0.15) is 0 Å². The predicted molar refractivity (Wildman–Crippen MR) is 137 cm³/mol. The van der Waals surface area contributed by atoms with Gasteiger partial charge < -0.3 is 13.9 Å². The van der Waals surface area contributed by atoms with Crippen LogP contribution < -0.4 is 19.6 Å². The molecule has 0 aliphatic carbocycles. The second-order valence-corrected chi connectivity index (χ2v) is 9.16. The van der Waals surface area contributed by atoms with Crippen molar-refractivity contribution in [1.29, 1.82) is 0 Å². The number of carbonyl (C=O) groups is 2. The van der Waals surface area contributed by atoms with Crippen LogP contribution in [0.2, 0.25) is 0 Å². The summed E-state index contributed by atoms with van der Waals surface area (Å²) in [5.41, 5.74) is 2.12. The summed E-state index contributed by atoms with van der Waals surface area (Å²) >= 11 is 1.24. The second-order valence-electron chi connectivity index (χ2n) is 8.15. The highest BCUT2D eigenvalue weighted by atomic mass is 32.1. The number of aromatic nitrogens is 1. The van der Waals surface area contributed by atoms with Gasteiger partial charge in [-0.3, -0.25) is 9.36 Å². The van der Waals surface area contributed by atoms with E-state index in [0.29, 0.717) is 26.4 Å². The standard InChI is InChI=1S/C28H22N2O6S/c1-3-34-27(33)23-17(2)29-28-30(24(23)19-8-5-4-6-9-19)25(31)22(37-28)16-18-11-13-20(14-12-18)36-26(32)21-10-7-15-35-21/h4-16,24H,3H2,1-2H3/b22-16+/t24-/m0/s1. The van der Waals surface area contributed by atoms with E-state index < -0.39 is 18.0 Å². The minimum absolute atomic E-state index is 0.107. The lowest BCUT2D eigenvalue weighted by molar-refractivity contribution is -0.139. The Labute approximate surface area is 215 Å². The summed E-state index contributed by atoms with van der Waals surface area (Å²) in [4.78, 5) is 43.7. The number of benzene rings is 2. The van der Waals surface area contributed by atoms with Crippen molar-refractivity contribution in [2.24, 2.45) is 4.99 Å². The zero-order valence-corrected chi connectivity index (χ0v) is 20.9. The molecule has 186 valence electrons. The molecule has 0 saturated carbocycles. The highest BCUT2D eigenvalue weighted by molar-refractivity contribution is 7.07. The second kappa shape index (κ2) is 10.2. The third-order valence-electron chi connectivity index (χ3n) is 5.74. The van der Waals surface area contributed by atoms with Gasteiger partial charge in [0.05, 0.1) is 34.7 Å². The van der Waals surface area contributed by atoms with Gasteiger partial charge >= 0.3 is 11.9 Å². The molecule has 0 saturated heterocycles. The first-order valence-electron chi connectivity index (χ1n) is 11.6. The molecule has 0 unspecified atom stereocenters. The van der Waals surface area contributed by atoms with E-state index in [1.165, 1.54) is 23.7 Å². The van der Waals surface area contributed by atoms with Gasteiger partial charge in [-0.05, 0) is 55.3 Å². The molecule has 8 nitrogen and oxygen atoms in total. The van der Waals surface area contributed by atoms with Crippen LogP contribution in [0, 0.1) is 0 Å². The van der Waals surface area contributed by atoms with Gasteiger partial charge in [-0.25, -0.2) is 14.6 Å². The lowest BCUT2D eigenvalue weighted by Crippen LogP contribution is -2.39. The van der Waals surface area contributed by atoms with Crippen LogP contribution in [0.15, 0.2) is 98.5 Å². The maximum atomic E-state index is 13.6. The molecule has 1 aliphatic rings. The summed E-state index contributed by atoms with van der Waals surface area (Å²) in [6, 6.07) is 18.6. The lowest BCUT2D eigenvalue weighted by atomic mass is 9.96. The molecule has 9 heteroatoms. The monoisotopic (exact) mass is 514 g/mol. The average Bonchev–Trinajstić information content (AvgIpc) is 3.54. The molecule has 37 heavy (non-hydrogen) atoms. The lowest BCUT2D eigenvalue weighted by Gasteiger charge is -2.24. The normalized spacial score (nSPS) is 15.2. The van der Waals surface area contributed by atoms with Crippen LogP contribution in [0.4, 0.5) is 0 Å². The van der Waals surface area contributed by atoms with Crippen LogP contribution in [-0.4, -0.2) is 23.1 Å². The molecular formula is C28H22N2O6S. The summed E-state index contributed by atoms with van der Waals surface area (Å²) in [6.45, 7) is 3.71. The van der Waals surface area contributed by atoms with Crippen LogP contribution >= 0.6 is 11.3 Å². The first-order valence-corrected chi connectivity index (χ1v) is 12.4. The number of thiazole rings is 1. The van der Waals surface area contributed by atoms with Gasteiger partial charge in [0.1, 0.15) is 5.75 Å². The Bertz CT molecular complexity index is 1660. The van der Waals surface area contributed by atoms with Crippen molar-refractivity contribution in [1.82, 2.24) is 4.57 Å². The zero-order chi connectivity index (χ0) is 25.9. The fourth-order valence-electron chi connectivity index (χ4n) is 4.08. The number of esters is 2. The Kier molecular flexibility index (Phi) is 6.70. The third kappa shape index (κ3) is 4.81. The summed E-state index contributed by atoms with van der Waals surface area (Å²) in [6.07, 6.45) is 3.14. The van der Waals surface area contributed by atoms with Crippen molar-refractivity contribution in [2.75, 3.05) is 6.61 Å². The van der Waals surface area contributed by atoms with Crippen LogP contribution in [-0.2, 0) is 9.53 Å². The van der Waals surface area contributed by atoms with Gasteiger partial charge in [-0.15, -0.1) is 0 Å². The fraction of sp³-hybridized carbons (Fsp3) is 0.143. The third-order valence-corrected chi connectivity index (χ3v) is 6.73. The van der Waals surface area contributed by atoms with Gasteiger partial charge in [-0.1, -0.05) is 53.8 Å². The predicted octanol–water partition coefficient (Wildman–Crippen LogP) is 3.61. The molecule has 0 fully saturated rings. The topological polar surface area (TPSA) is 100 Å². The Morgan fingerprint density at radius 1 is 1.05 bits per heavy atom. The van der Waals surface area contributed by atoms with Crippen LogP contribution in [0.25, 0.3) is 6.08 Å². The Balaban J connectivity index is 1.52. The minimum atomic E-state index is -0.651. The van der Waals surface area contributed by atoms with E-state index in [1.54, 1.807) is 54.8 Å². The van der Waals surface area contributed by atoms with Crippen molar-refractivity contribution in [3.8, 4) is 5.75 Å². The van der Waals surface area contributed by atoms with Crippen molar-refractivity contribution < 1.29 is 23.5 Å². The van der Waals surface area contributed by atoms with Crippen molar-refractivity contribution >= 4 is 29.4 Å². The number of ether oxygens (including phenoxy) is 2. The molecule has 0 amide bonds. The van der Waals surface area contributed by atoms with Gasteiger partial charge in [0, 0.05) is 0 Å². The molecule has 0 radical (unpaired) electrons. The minimum Gasteiger partial charge on any atom is -0.463 e. The smallest absolute Gasteiger partial charge is 0.379 e. The maximum absolute atomic E-state index is 13.6. The molecule has 1 atom stereocenters. The van der Waals surface area contributed by atoms with E-state index in [4.69, 9.17) is 13.9 Å². The Hall–Kier alpha value is -4.50. The van der Waals surface area contributed by atoms with E-state index in [1.807, 2.05) is 30.3 Å². The maximum Gasteiger partial charge on any atom is 0.379 e. The molecule has 5 rings (SSSR count). The molecule has 2 aromatic heterocycles. The molecular weight excluding hydrogens is 492 g/mol. The quantitative estimate of drug-likeness (QED) is 0.288. The van der Waals surface area contributed by atoms with Crippen LogP contribution in [0.5, 0.6) is 5.75 Å². The summed E-state index contributed by atoms with van der Waals surface area (Å²) in [5.74, 6) is -0.638. The van der Waals surface area contributed by atoms with Crippen molar-refractivity contribution in [3.63, 3.8) is 0 Å². The average molecular weight is 515 g/mol. The SMILES string of the molecule is CCOC(=O)C1=C(C)N=c2s/c(=C/c3ccc(OC(=O)c4ccco4)cc3)c(=O)n2[C@H]1c1ccccc1. The van der Waals surface area contributed by atoms with E-state index in [9.17, 15) is 14.4 Å².